The Hall–Kier alpha value is -0.130. The molecule has 1 saturated heterocycles. The summed E-state index contributed by atoms with van der Waals surface area (Å²) in [5.41, 5.74) is 0. The smallest absolute Gasteiger partial charge is 0.151 e. The van der Waals surface area contributed by atoms with Gasteiger partial charge in [-0.1, -0.05) is 20.8 Å². The molecule has 1 N–H and O–H groups in total. The third kappa shape index (κ3) is 4.23. The van der Waals surface area contributed by atoms with Gasteiger partial charge < -0.3 is 5.32 Å². The van der Waals surface area contributed by atoms with Crippen molar-refractivity contribution in [1.82, 2.24) is 10.2 Å². The van der Waals surface area contributed by atoms with E-state index in [1.165, 1.54) is 0 Å². The molecular weight excluding hydrogens is 236 g/mol. The lowest BCUT2D eigenvalue weighted by atomic mass is 10.0. The summed E-state index contributed by atoms with van der Waals surface area (Å²) in [5.74, 6) is 1.22. The van der Waals surface area contributed by atoms with Crippen LogP contribution in [0.3, 0.4) is 0 Å². The van der Waals surface area contributed by atoms with Crippen LogP contribution in [0.4, 0.5) is 0 Å². The van der Waals surface area contributed by atoms with Gasteiger partial charge in [0.05, 0.1) is 11.5 Å². The zero-order valence-electron chi connectivity index (χ0n) is 11.4. The lowest BCUT2D eigenvalue weighted by Gasteiger charge is -2.35. The van der Waals surface area contributed by atoms with Crippen molar-refractivity contribution in [2.45, 2.75) is 39.3 Å². The monoisotopic (exact) mass is 262 g/mol. The molecule has 0 bridgehead atoms. The molecular formula is C12H26N2O2S. The molecule has 2 unspecified atom stereocenters. The molecule has 1 rings (SSSR count). The van der Waals surface area contributed by atoms with Crippen LogP contribution in [0.15, 0.2) is 0 Å². The highest BCUT2D eigenvalue weighted by Gasteiger charge is 2.34. The fourth-order valence-corrected chi connectivity index (χ4v) is 4.30. The van der Waals surface area contributed by atoms with Crippen LogP contribution < -0.4 is 5.32 Å². The SMILES string of the molecule is CCNCC(C(C)C)N(C)C1CCS(=O)(=O)C1. The van der Waals surface area contributed by atoms with Crippen LogP contribution in [-0.2, 0) is 9.84 Å². The van der Waals surface area contributed by atoms with E-state index in [-0.39, 0.29) is 6.04 Å². The maximum absolute atomic E-state index is 11.5. The average molecular weight is 262 g/mol. The van der Waals surface area contributed by atoms with Crippen LogP contribution in [0, 0.1) is 5.92 Å². The van der Waals surface area contributed by atoms with Crippen LogP contribution in [0.1, 0.15) is 27.2 Å². The normalized spacial score (nSPS) is 25.6. The van der Waals surface area contributed by atoms with Crippen LogP contribution >= 0.6 is 0 Å². The van der Waals surface area contributed by atoms with Gasteiger partial charge in [-0.3, -0.25) is 4.90 Å². The fourth-order valence-electron chi connectivity index (χ4n) is 2.51. The summed E-state index contributed by atoms with van der Waals surface area (Å²) in [6, 6.07) is 0.610. The Bertz CT molecular complexity index is 327. The van der Waals surface area contributed by atoms with E-state index in [1.807, 2.05) is 0 Å². The lowest BCUT2D eigenvalue weighted by Crippen LogP contribution is -2.48. The van der Waals surface area contributed by atoms with Crippen molar-refractivity contribution in [2.75, 3.05) is 31.6 Å². The molecule has 1 heterocycles. The summed E-state index contributed by atoms with van der Waals surface area (Å²) >= 11 is 0. The second-order valence-corrected chi connectivity index (χ2v) is 7.57. The number of rotatable bonds is 6. The van der Waals surface area contributed by atoms with Crippen molar-refractivity contribution in [2.24, 2.45) is 5.92 Å². The summed E-state index contributed by atoms with van der Waals surface area (Å²) in [6.45, 7) is 8.38. The number of hydrogen-bond acceptors (Lipinski definition) is 4. The molecule has 2 atom stereocenters. The van der Waals surface area contributed by atoms with Gasteiger partial charge in [0.1, 0.15) is 0 Å². The largest absolute Gasteiger partial charge is 0.315 e. The Balaban J connectivity index is 2.62. The molecule has 4 nitrogen and oxygen atoms in total. The second kappa shape index (κ2) is 6.16. The van der Waals surface area contributed by atoms with E-state index in [4.69, 9.17) is 0 Å². The Morgan fingerprint density at radius 1 is 1.41 bits per heavy atom. The molecule has 1 aliphatic rings. The quantitative estimate of drug-likeness (QED) is 0.767. The van der Waals surface area contributed by atoms with Crippen molar-refractivity contribution >= 4 is 9.84 Å². The predicted molar refractivity (Wildman–Crippen MR) is 72.0 cm³/mol. The molecule has 5 heteroatoms. The zero-order valence-corrected chi connectivity index (χ0v) is 12.3. The summed E-state index contributed by atoms with van der Waals surface area (Å²) in [4.78, 5) is 2.26. The van der Waals surface area contributed by atoms with E-state index in [2.05, 4.69) is 38.0 Å². The Morgan fingerprint density at radius 2 is 2.06 bits per heavy atom. The second-order valence-electron chi connectivity index (χ2n) is 5.34. The van der Waals surface area contributed by atoms with Gasteiger partial charge in [-0.15, -0.1) is 0 Å². The molecule has 102 valence electrons. The van der Waals surface area contributed by atoms with Gasteiger partial charge in [0.2, 0.25) is 0 Å². The third-order valence-electron chi connectivity index (χ3n) is 3.68. The van der Waals surface area contributed by atoms with Gasteiger partial charge in [-0.05, 0) is 25.9 Å². The number of likely N-dealkylation sites (N-methyl/N-ethyl adjacent to an activating group) is 2. The predicted octanol–water partition coefficient (Wildman–Crippen LogP) is 0.739. The molecule has 0 aromatic heterocycles. The van der Waals surface area contributed by atoms with E-state index < -0.39 is 9.84 Å². The van der Waals surface area contributed by atoms with Crippen molar-refractivity contribution in [3.05, 3.63) is 0 Å². The minimum atomic E-state index is -2.78. The molecule has 0 saturated carbocycles. The minimum absolute atomic E-state index is 0.200. The molecule has 1 fully saturated rings. The van der Waals surface area contributed by atoms with Crippen LogP contribution in [-0.4, -0.2) is 57.0 Å². The molecule has 1 aliphatic heterocycles. The maximum Gasteiger partial charge on any atom is 0.151 e. The first-order valence-corrected chi connectivity index (χ1v) is 8.32. The van der Waals surface area contributed by atoms with Crippen LogP contribution in [0.5, 0.6) is 0 Å². The average Bonchev–Trinajstić information content (AvgIpc) is 2.58. The van der Waals surface area contributed by atoms with Crippen molar-refractivity contribution in [1.29, 1.82) is 0 Å². The van der Waals surface area contributed by atoms with E-state index in [9.17, 15) is 8.42 Å². The Labute approximate surface area is 106 Å². The van der Waals surface area contributed by atoms with Crippen LogP contribution in [0.2, 0.25) is 0 Å². The fraction of sp³-hybridized carbons (Fsp3) is 1.00. The van der Waals surface area contributed by atoms with Crippen LogP contribution in [0.25, 0.3) is 0 Å². The molecule has 17 heavy (non-hydrogen) atoms. The van der Waals surface area contributed by atoms with E-state index in [0.717, 1.165) is 19.5 Å². The number of sulfone groups is 1. The van der Waals surface area contributed by atoms with E-state index in [1.54, 1.807) is 0 Å². The van der Waals surface area contributed by atoms with Gasteiger partial charge in [-0.25, -0.2) is 8.42 Å². The van der Waals surface area contributed by atoms with Crippen molar-refractivity contribution in [3.8, 4) is 0 Å². The van der Waals surface area contributed by atoms with Crippen molar-refractivity contribution < 1.29 is 8.42 Å². The molecule has 0 amide bonds. The van der Waals surface area contributed by atoms with Gasteiger partial charge in [0.25, 0.3) is 0 Å². The summed E-state index contributed by atoms with van der Waals surface area (Å²) in [5, 5.41) is 3.36. The van der Waals surface area contributed by atoms with Gasteiger partial charge in [-0.2, -0.15) is 0 Å². The Morgan fingerprint density at radius 3 is 2.47 bits per heavy atom. The topological polar surface area (TPSA) is 49.4 Å². The highest BCUT2D eigenvalue weighted by Crippen LogP contribution is 2.21. The number of hydrogen-bond donors (Lipinski definition) is 1. The van der Waals surface area contributed by atoms with E-state index in [0.29, 0.717) is 23.5 Å². The molecule has 0 aromatic rings. The van der Waals surface area contributed by atoms with Crippen molar-refractivity contribution in [3.63, 3.8) is 0 Å². The first-order valence-electron chi connectivity index (χ1n) is 6.50. The molecule has 0 aliphatic carbocycles. The maximum atomic E-state index is 11.5. The van der Waals surface area contributed by atoms with E-state index >= 15 is 0 Å². The van der Waals surface area contributed by atoms with Gasteiger partial charge >= 0.3 is 0 Å². The van der Waals surface area contributed by atoms with Gasteiger partial charge in [0, 0.05) is 18.6 Å². The first kappa shape index (κ1) is 14.9. The Kier molecular flexibility index (Phi) is 5.41. The number of nitrogens with one attached hydrogen (secondary N) is 1. The molecule has 0 aromatic carbocycles. The summed E-state index contributed by atoms with van der Waals surface area (Å²) in [6.07, 6.45) is 0.786. The molecule has 0 spiro atoms. The number of nitrogens with zero attached hydrogens (tertiary/aromatic N) is 1. The third-order valence-corrected chi connectivity index (χ3v) is 5.43. The summed E-state index contributed by atoms with van der Waals surface area (Å²) < 4.78 is 23.0. The minimum Gasteiger partial charge on any atom is -0.315 e. The lowest BCUT2D eigenvalue weighted by molar-refractivity contribution is 0.145. The first-order chi connectivity index (χ1) is 7.87. The molecule has 0 radical (unpaired) electrons. The highest BCUT2D eigenvalue weighted by molar-refractivity contribution is 7.91. The standard InChI is InChI=1S/C12H26N2O2S/c1-5-13-8-12(10(2)3)14(4)11-6-7-17(15,16)9-11/h10-13H,5-9H2,1-4H3. The summed E-state index contributed by atoms with van der Waals surface area (Å²) in [7, 11) is -0.719. The zero-order chi connectivity index (χ0) is 13.1. The highest BCUT2D eigenvalue weighted by atomic mass is 32.2. The van der Waals surface area contributed by atoms with Gasteiger partial charge in [0.15, 0.2) is 9.84 Å².